The predicted molar refractivity (Wildman–Crippen MR) is 78.6 cm³/mol. The van der Waals surface area contributed by atoms with Gasteiger partial charge < -0.3 is 14.8 Å². The van der Waals surface area contributed by atoms with E-state index in [0.717, 1.165) is 11.1 Å². The SMILES string of the molecule is CCOC(=O)C(=O)/C(=C/N1C(=O)CC(=O)NC1=S)C(=O)OCC. The molecule has 124 valence electrons. The molecule has 9 nitrogen and oxygen atoms in total. The molecule has 1 aliphatic heterocycles. The summed E-state index contributed by atoms with van der Waals surface area (Å²) in [4.78, 5) is 59.1. The van der Waals surface area contributed by atoms with Crippen LogP contribution in [0.2, 0.25) is 0 Å². The Morgan fingerprint density at radius 2 is 1.74 bits per heavy atom. The molecule has 0 aromatic rings. The Bertz CT molecular complexity index is 591. The highest BCUT2D eigenvalue weighted by atomic mass is 32.1. The van der Waals surface area contributed by atoms with Gasteiger partial charge in [0.05, 0.1) is 13.2 Å². The molecule has 0 atom stereocenters. The summed E-state index contributed by atoms with van der Waals surface area (Å²) in [6.45, 7) is 2.86. The fourth-order valence-electron chi connectivity index (χ4n) is 1.54. The summed E-state index contributed by atoms with van der Waals surface area (Å²) in [5, 5.41) is 1.89. The first-order valence-corrected chi connectivity index (χ1v) is 6.98. The van der Waals surface area contributed by atoms with Crippen LogP contribution in [0.15, 0.2) is 11.8 Å². The van der Waals surface area contributed by atoms with Gasteiger partial charge in [-0.25, -0.2) is 9.59 Å². The molecule has 2 amide bonds. The van der Waals surface area contributed by atoms with Gasteiger partial charge in [0.25, 0.3) is 5.78 Å². The molecule has 0 aromatic carbocycles. The number of ether oxygens (including phenoxy) is 2. The molecule has 0 aliphatic carbocycles. The van der Waals surface area contributed by atoms with Gasteiger partial charge in [-0.2, -0.15) is 0 Å². The Labute approximate surface area is 136 Å². The second kappa shape index (κ2) is 8.13. The van der Waals surface area contributed by atoms with Gasteiger partial charge in [0, 0.05) is 6.20 Å². The fourth-order valence-corrected chi connectivity index (χ4v) is 1.81. The molecule has 1 saturated heterocycles. The normalized spacial score (nSPS) is 15.1. The molecule has 1 aliphatic rings. The van der Waals surface area contributed by atoms with Gasteiger partial charge in [-0.1, -0.05) is 0 Å². The monoisotopic (exact) mass is 342 g/mol. The summed E-state index contributed by atoms with van der Waals surface area (Å²) >= 11 is 4.80. The van der Waals surface area contributed by atoms with Crippen LogP contribution in [0.4, 0.5) is 0 Å². The molecule has 0 spiro atoms. The van der Waals surface area contributed by atoms with E-state index in [9.17, 15) is 24.0 Å². The van der Waals surface area contributed by atoms with Crippen LogP contribution in [0, 0.1) is 0 Å². The third-order valence-electron chi connectivity index (χ3n) is 2.50. The first kappa shape index (κ1) is 18.4. The van der Waals surface area contributed by atoms with Crippen molar-refractivity contribution in [2.24, 2.45) is 0 Å². The highest BCUT2D eigenvalue weighted by Gasteiger charge is 2.32. The van der Waals surface area contributed by atoms with Crippen molar-refractivity contribution >= 4 is 46.9 Å². The second-order valence-corrected chi connectivity index (χ2v) is 4.49. The molecule has 1 fully saturated rings. The quantitative estimate of drug-likeness (QED) is 0.166. The summed E-state index contributed by atoms with van der Waals surface area (Å²) in [7, 11) is 0. The van der Waals surface area contributed by atoms with Crippen LogP contribution in [-0.2, 0) is 33.4 Å². The van der Waals surface area contributed by atoms with Gasteiger partial charge >= 0.3 is 11.9 Å². The number of Topliss-reactive ketones (excluding diaryl/α,β-unsaturated/α-hetero) is 1. The minimum atomic E-state index is -1.28. The number of hydrogen-bond donors (Lipinski definition) is 1. The number of rotatable bonds is 6. The van der Waals surface area contributed by atoms with Crippen molar-refractivity contribution in [3.05, 3.63) is 11.8 Å². The van der Waals surface area contributed by atoms with Crippen LogP contribution in [0.25, 0.3) is 0 Å². The number of carbonyl (C=O) groups is 5. The van der Waals surface area contributed by atoms with E-state index in [-0.39, 0.29) is 18.3 Å². The third kappa shape index (κ3) is 4.68. The zero-order valence-corrected chi connectivity index (χ0v) is 13.2. The lowest BCUT2D eigenvalue weighted by Crippen LogP contribution is -2.50. The van der Waals surface area contributed by atoms with Crippen molar-refractivity contribution < 1.29 is 33.4 Å². The average molecular weight is 342 g/mol. The molecule has 0 unspecified atom stereocenters. The maximum atomic E-state index is 12.0. The lowest BCUT2D eigenvalue weighted by Gasteiger charge is -2.24. The molecule has 0 aromatic heterocycles. The van der Waals surface area contributed by atoms with E-state index < -0.39 is 41.5 Å². The van der Waals surface area contributed by atoms with Crippen LogP contribution in [0.1, 0.15) is 20.3 Å². The minimum absolute atomic E-state index is 0.0542. The summed E-state index contributed by atoms with van der Waals surface area (Å²) in [6, 6.07) is 0. The van der Waals surface area contributed by atoms with Gasteiger partial charge in [0.15, 0.2) is 5.11 Å². The number of ketones is 1. The lowest BCUT2D eigenvalue weighted by atomic mass is 10.1. The van der Waals surface area contributed by atoms with E-state index >= 15 is 0 Å². The average Bonchev–Trinajstić information content (AvgIpc) is 2.46. The number of nitrogens with one attached hydrogen (secondary N) is 1. The molecule has 1 N–H and O–H groups in total. The molecule has 1 rings (SSSR count). The standard InChI is InChI=1S/C13H14N2O7S/c1-3-21-11(19)7(10(18)12(20)22-4-2)6-15-9(17)5-8(16)14-13(15)23/h6H,3-5H2,1-2H3,(H,14,16,23)/b7-6-. The van der Waals surface area contributed by atoms with Crippen molar-refractivity contribution in [3.8, 4) is 0 Å². The molecule has 1 heterocycles. The molecule has 0 radical (unpaired) electrons. The highest BCUT2D eigenvalue weighted by Crippen LogP contribution is 2.10. The maximum absolute atomic E-state index is 12.0. The van der Waals surface area contributed by atoms with Crippen molar-refractivity contribution in [1.29, 1.82) is 0 Å². The Balaban J connectivity index is 3.17. The summed E-state index contributed by atoms with van der Waals surface area (Å²) in [5.41, 5.74) is -0.725. The van der Waals surface area contributed by atoms with E-state index in [1.165, 1.54) is 13.8 Å². The molecule has 10 heteroatoms. The van der Waals surface area contributed by atoms with E-state index in [2.05, 4.69) is 14.8 Å². The summed E-state index contributed by atoms with van der Waals surface area (Å²) in [6.07, 6.45) is 0.252. The van der Waals surface area contributed by atoms with Gasteiger partial charge in [-0.05, 0) is 26.1 Å². The number of esters is 2. The van der Waals surface area contributed by atoms with Gasteiger partial charge in [-0.3, -0.25) is 19.3 Å². The second-order valence-electron chi connectivity index (χ2n) is 4.11. The third-order valence-corrected chi connectivity index (χ3v) is 2.80. The van der Waals surface area contributed by atoms with E-state index in [1.807, 2.05) is 0 Å². The number of hydrogen-bond acceptors (Lipinski definition) is 8. The Morgan fingerprint density at radius 1 is 1.17 bits per heavy atom. The lowest BCUT2D eigenvalue weighted by molar-refractivity contribution is -0.154. The fraction of sp³-hybridized carbons (Fsp3) is 0.385. The van der Waals surface area contributed by atoms with Crippen molar-refractivity contribution in [1.82, 2.24) is 10.2 Å². The minimum Gasteiger partial charge on any atom is -0.462 e. The van der Waals surface area contributed by atoms with Crippen molar-refractivity contribution in [3.63, 3.8) is 0 Å². The Hall–Kier alpha value is -2.62. The molecular weight excluding hydrogens is 328 g/mol. The zero-order chi connectivity index (χ0) is 17.6. The topological polar surface area (TPSA) is 119 Å². The summed E-state index contributed by atoms with van der Waals surface area (Å²) < 4.78 is 9.21. The number of nitrogens with zero attached hydrogens (tertiary/aromatic N) is 1. The van der Waals surface area contributed by atoms with E-state index in [1.54, 1.807) is 0 Å². The van der Waals surface area contributed by atoms with Gasteiger partial charge in [0.1, 0.15) is 12.0 Å². The van der Waals surface area contributed by atoms with Crippen molar-refractivity contribution in [2.75, 3.05) is 13.2 Å². The molecule has 0 bridgehead atoms. The largest absolute Gasteiger partial charge is 0.462 e. The van der Waals surface area contributed by atoms with Crippen LogP contribution < -0.4 is 5.32 Å². The van der Waals surface area contributed by atoms with E-state index in [4.69, 9.17) is 12.2 Å². The number of thiocarbonyl (C=S) groups is 1. The summed E-state index contributed by atoms with van der Waals surface area (Å²) in [5.74, 6) is -5.03. The van der Waals surface area contributed by atoms with Crippen LogP contribution in [-0.4, -0.2) is 52.8 Å². The maximum Gasteiger partial charge on any atom is 0.380 e. The Kier molecular flexibility index (Phi) is 6.51. The molecule has 0 saturated carbocycles. The zero-order valence-electron chi connectivity index (χ0n) is 12.4. The van der Waals surface area contributed by atoms with Crippen molar-refractivity contribution in [2.45, 2.75) is 20.3 Å². The number of amides is 2. The first-order valence-electron chi connectivity index (χ1n) is 6.58. The molecule has 23 heavy (non-hydrogen) atoms. The first-order chi connectivity index (χ1) is 10.8. The molecular formula is C13H14N2O7S. The van der Waals surface area contributed by atoms with E-state index in [0.29, 0.717) is 0 Å². The van der Waals surface area contributed by atoms with Crippen LogP contribution in [0.3, 0.4) is 0 Å². The van der Waals surface area contributed by atoms with Crippen LogP contribution >= 0.6 is 12.2 Å². The van der Waals surface area contributed by atoms with Gasteiger partial charge in [0.2, 0.25) is 11.8 Å². The van der Waals surface area contributed by atoms with Gasteiger partial charge in [-0.15, -0.1) is 0 Å². The van der Waals surface area contributed by atoms with Crippen LogP contribution in [0.5, 0.6) is 0 Å². The number of carbonyl (C=O) groups excluding carboxylic acids is 5. The smallest absolute Gasteiger partial charge is 0.380 e. The highest BCUT2D eigenvalue weighted by molar-refractivity contribution is 7.80. The predicted octanol–water partition coefficient (Wildman–Crippen LogP) is -0.801. The Morgan fingerprint density at radius 3 is 2.26 bits per heavy atom.